The van der Waals surface area contributed by atoms with Crippen LogP contribution in [0.5, 0.6) is 0 Å². The lowest BCUT2D eigenvalue weighted by atomic mass is 10.0. The van der Waals surface area contributed by atoms with Gasteiger partial charge >= 0.3 is 6.09 Å². The Bertz CT molecular complexity index is 712. The predicted molar refractivity (Wildman–Crippen MR) is 102 cm³/mol. The van der Waals surface area contributed by atoms with Gasteiger partial charge in [0.15, 0.2) is 0 Å². The van der Waals surface area contributed by atoms with Gasteiger partial charge in [-0.3, -0.25) is 0 Å². The molecule has 0 bridgehead atoms. The molecule has 0 N–H and O–H groups in total. The van der Waals surface area contributed by atoms with Crippen molar-refractivity contribution in [1.29, 1.82) is 0 Å². The highest BCUT2D eigenvalue weighted by Crippen LogP contribution is 2.29. The zero-order chi connectivity index (χ0) is 18.8. The van der Waals surface area contributed by atoms with Gasteiger partial charge in [-0.2, -0.15) is 4.31 Å². The fourth-order valence-electron chi connectivity index (χ4n) is 2.74. The Morgan fingerprint density at radius 3 is 2.64 bits per heavy atom. The molecule has 1 amide bonds. The summed E-state index contributed by atoms with van der Waals surface area (Å²) in [5, 5.41) is 0. The van der Waals surface area contributed by atoms with Crippen molar-refractivity contribution in [3.05, 3.63) is 15.9 Å². The van der Waals surface area contributed by atoms with Crippen LogP contribution in [-0.2, 0) is 14.8 Å². The summed E-state index contributed by atoms with van der Waals surface area (Å²) in [7, 11) is -2.00. The zero-order valence-electron chi connectivity index (χ0n) is 15.0. The maximum absolute atomic E-state index is 12.7. The molecule has 0 spiro atoms. The molecule has 0 aliphatic carbocycles. The first-order valence-electron chi connectivity index (χ1n) is 8.22. The number of likely N-dealkylation sites (N-methyl/N-ethyl adjacent to an activating group) is 1. The lowest BCUT2D eigenvalue weighted by molar-refractivity contribution is 0.00829. The van der Waals surface area contributed by atoms with Crippen LogP contribution in [-0.4, -0.2) is 55.5 Å². The number of piperidine rings is 1. The Morgan fingerprint density at radius 1 is 1.40 bits per heavy atom. The summed E-state index contributed by atoms with van der Waals surface area (Å²) >= 11 is 4.48. The summed E-state index contributed by atoms with van der Waals surface area (Å²) in [6.07, 6.45) is 2.28. The first kappa shape index (κ1) is 20.7. The number of carbonyl (C=O) groups excluding carboxylic acids is 1. The number of rotatable bonds is 4. The Labute approximate surface area is 162 Å². The minimum atomic E-state index is -3.56. The average Bonchev–Trinajstić information content (AvgIpc) is 2.93. The maximum atomic E-state index is 12.7. The Hall–Kier alpha value is -0.640. The van der Waals surface area contributed by atoms with E-state index in [1.54, 1.807) is 24.1 Å². The van der Waals surface area contributed by atoms with Crippen molar-refractivity contribution < 1.29 is 17.9 Å². The molecule has 6 nitrogen and oxygen atoms in total. The number of hydrogen-bond donors (Lipinski definition) is 0. The minimum absolute atomic E-state index is 0.174. The van der Waals surface area contributed by atoms with Gasteiger partial charge in [-0.15, -0.1) is 11.3 Å². The van der Waals surface area contributed by atoms with Crippen molar-refractivity contribution in [2.75, 3.05) is 20.1 Å². The molecule has 0 unspecified atom stereocenters. The fraction of sp³-hybridized carbons (Fsp3) is 0.688. The lowest BCUT2D eigenvalue weighted by Crippen LogP contribution is -2.51. The van der Waals surface area contributed by atoms with Crippen LogP contribution in [0.1, 0.15) is 40.0 Å². The molecule has 0 saturated carbocycles. The van der Waals surface area contributed by atoms with Gasteiger partial charge < -0.3 is 9.64 Å². The van der Waals surface area contributed by atoms with Crippen LogP contribution in [0, 0.1) is 0 Å². The van der Waals surface area contributed by atoms with Crippen LogP contribution < -0.4 is 0 Å². The van der Waals surface area contributed by atoms with Gasteiger partial charge in [0.2, 0.25) is 0 Å². The number of ether oxygens (including phenoxy) is 1. The summed E-state index contributed by atoms with van der Waals surface area (Å²) in [6.45, 7) is 6.34. The van der Waals surface area contributed by atoms with Crippen molar-refractivity contribution in [2.24, 2.45) is 0 Å². The highest BCUT2D eigenvalue weighted by Gasteiger charge is 2.33. The van der Waals surface area contributed by atoms with Crippen molar-refractivity contribution in [3.8, 4) is 0 Å². The molecule has 0 radical (unpaired) electrons. The van der Waals surface area contributed by atoms with E-state index in [9.17, 15) is 13.2 Å². The Balaban J connectivity index is 2.11. The van der Waals surface area contributed by atoms with Gasteiger partial charge in [0, 0.05) is 26.2 Å². The van der Waals surface area contributed by atoms with E-state index in [0.717, 1.165) is 23.0 Å². The number of likely N-dealkylation sites (tertiary alicyclic amines) is 1. The second kappa shape index (κ2) is 7.94. The molecule has 25 heavy (non-hydrogen) atoms. The summed E-state index contributed by atoms with van der Waals surface area (Å²) in [4.78, 5) is 14.1. The highest BCUT2D eigenvalue weighted by atomic mass is 79.9. The van der Waals surface area contributed by atoms with Crippen LogP contribution in [0.3, 0.4) is 0 Å². The van der Waals surface area contributed by atoms with Crippen molar-refractivity contribution in [2.45, 2.75) is 55.9 Å². The molecule has 1 saturated heterocycles. The largest absolute Gasteiger partial charge is 0.444 e. The third kappa shape index (κ3) is 5.42. The van der Waals surface area contributed by atoms with Gasteiger partial charge in [0.05, 0.1) is 3.79 Å². The molecule has 1 aromatic rings. The first-order valence-corrected chi connectivity index (χ1v) is 11.3. The van der Waals surface area contributed by atoms with E-state index in [2.05, 4.69) is 15.9 Å². The molecular weight excluding hydrogens is 428 g/mol. The van der Waals surface area contributed by atoms with Gasteiger partial charge in [-0.05, 0) is 68.1 Å². The molecule has 1 atom stereocenters. The number of halogens is 1. The van der Waals surface area contributed by atoms with E-state index in [1.165, 1.54) is 15.6 Å². The molecule has 2 heterocycles. The molecule has 0 aromatic carbocycles. The summed E-state index contributed by atoms with van der Waals surface area (Å²) < 4.78 is 33.3. The third-order valence-corrected chi connectivity index (χ3v) is 7.85. The van der Waals surface area contributed by atoms with Crippen molar-refractivity contribution >= 4 is 43.4 Å². The Kier molecular flexibility index (Phi) is 6.56. The average molecular weight is 453 g/mol. The molecule has 9 heteroatoms. The molecule has 2 rings (SSSR count). The van der Waals surface area contributed by atoms with Gasteiger partial charge in [-0.1, -0.05) is 0 Å². The second-order valence-electron chi connectivity index (χ2n) is 7.17. The molecular formula is C16H25BrN2O4S2. The van der Waals surface area contributed by atoms with E-state index in [-0.39, 0.29) is 18.7 Å². The minimum Gasteiger partial charge on any atom is -0.444 e. The third-order valence-electron chi connectivity index (χ3n) is 3.94. The molecule has 1 aromatic heterocycles. The quantitative estimate of drug-likeness (QED) is 0.693. The second-order valence-corrected chi connectivity index (χ2v) is 11.9. The van der Waals surface area contributed by atoms with Gasteiger partial charge in [-0.25, -0.2) is 13.2 Å². The van der Waals surface area contributed by atoms with Crippen molar-refractivity contribution in [1.82, 2.24) is 9.21 Å². The summed E-state index contributed by atoms with van der Waals surface area (Å²) in [6, 6.07) is 3.14. The van der Waals surface area contributed by atoms with Crippen LogP contribution in [0.15, 0.2) is 20.1 Å². The Morgan fingerprint density at radius 2 is 2.08 bits per heavy atom. The fourth-order valence-corrected chi connectivity index (χ4v) is 6.17. The number of hydrogen-bond acceptors (Lipinski definition) is 5. The zero-order valence-corrected chi connectivity index (χ0v) is 18.2. The molecule has 1 aliphatic rings. The van der Waals surface area contributed by atoms with Gasteiger partial charge in [0.25, 0.3) is 10.0 Å². The van der Waals surface area contributed by atoms with Crippen LogP contribution in [0.25, 0.3) is 0 Å². The lowest BCUT2D eigenvalue weighted by Gasteiger charge is -2.38. The number of sulfonamides is 1. The molecule has 1 fully saturated rings. The van der Waals surface area contributed by atoms with Crippen molar-refractivity contribution in [3.63, 3.8) is 0 Å². The van der Waals surface area contributed by atoms with Crippen LogP contribution in [0.4, 0.5) is 4.79 Å². The van der Waals surface area contributed by atoms with E-state index >= 15 is 0 Å². The van der Waals surface area contributed by atoms with E-state index in [1.807, 2.05) is 20.8 Å². The maximum Gasteiger partial charge on any atom is 0.410 e. The van der Waals surface area contributed by atoms with Crippen LogP contribution in [0.2, 0.25) is 0 Å². The number of nitrogens with zero attached hydrogens (tertiary/aromatic N) is 2. The molecule has 142 valence electrons. The van der Waals surface area contributed by atoms with E-state index in [0.29, 0.717) is 10.8 Å². The normalized spacial score (nSPS) is 19.3. The van der Waals surface area contributed by atoms with E-state index in [4.69, 9.17) is 4.74 Å². The SMILES string of the molecule is CN(C[C@@H]1CCCCN1C(=O)OC(C)(C)C)S(=O)(=O)c1ccc(Br)s1. The van der Waals surface area contributed by atoms with Gasteiger partial charge in [0.1, 0.15) is 9.81 Å². The van der Waals surface area contributed by atoms with Crippen LogP contribution >= 0.6 is 27.3 Å². The summed E-state index contributed by atoms with van der Waals surface area (Å²) in [5.41, 5.74) is -0.569. The highest BCUT2D eigenvalue weighted by molar-refractivity contribution is 9.11. The smallest absolute Gasteiger partial charge is 0.410 e. The number of thiophene rings is 1. The molecule has 1 aliphatic heterocycles. The summed E-state index contributed by atoms with van der Waals surface area (Å²) in [5.74, 6) is 0. The number of carbonyl (C=O) groups is 1. The predicted octanol–water partition coefficient (Wildman–Crippen LogP) is 3.92. The van der Waals surface area contributed by atoms with E-state index < -0.39 is 15.6 Å². The monoisotopic (exact) mass is 452 g/mol. The standard InChI is InChI=1S/C16H25BrN2O4S2/c1-16(2,3)23-15(20)19-10-6-5-7-12(19)11-18(4)25(21,22)14-9-8-13(17)24-14/h8-9,12H,5-7,10-11H2,1-4H3/t12-/m0/s1. The number of amides is 1. The topological polar surface area (TPSA) is 66.9 Å². The first-order chi connectivity index (χ1) is 11.5.